The maximum atomic E-state index is 5.77. The van der Waals surface area contributed by atoms with Crippen molar-refractivity contribution in [2.75, 3.05) is 0 Å². The van der Waals surface area contributed by atoms with E-state index in [-0.39, 0.29) is 0 Å². The number of rotatable bonds is 1. The van der Waals surface area contributed by atoms with Gasteiger partial charge in [-0.2, -0.15) is 0 Å². The van der Waals surface area contributed by atoms with E-state index >= 15 is 0 Å². The van der Waals surface area contributed by atoms with Crippen LogP contribution in [-0.4, -0.2) is 19.9 Å². The number of pyridine rings is 2. The molecule has 5 nitrogen and oxygen atoms in total. The maximum absolute atomic E-state index is 5.77. The van der Waals surface area contributed by atoms with Crippen molar-refractivity contribution in [3.05, 3.63) is 73.2 Å². The SMILES string of the molecule is c1cnc2c(c1)ccc1ccc(-c3ccc4oc5nccnc5c4c3)nc12. The van der Waals surface area contributed by atoms with Crippen LogP contribution < -0.4 is 0 Å². The van der Waals surface area contributed by atoms with Crippen molar-refractivity contribution in [1.29, 1.82) is 0 Å². The molecule has 0 fully saturated rings. The molecular formula is C22H12N4O. The van der Waals surface area contributed by atoms with E-state index in [2.05, 4.69) is 45.3 Å². The van der Waals surface area contributed by atoms with Gasteiger partial charge in [-0.15, -0.1) is 0 Å². The molecular weight excluding hydrogens is 336 g/mol. The van der Waals surface area contributed by atoms with Gasteiger partial charge in [0.25, 0.3) is 0 Å². The standard InChI is InChI=1S/C22H12N4O/c1-2-13-3-4-14-5-7-17(26-20(14)19(13)23-9-1)15-6-8-18-16(12-15)21-22(27-18)25-11-10-24-21/h1-12H. The highest BCUT2D eigenvalue weighted by Crippen LogP contribution is 2.31. The summed E-state index contributed by atoms with van der Waals surface area (Å²) in [5, 5.41) is 3.10. The molecule has 0 N–H and O–H groups in total. The van der Waals surface area contributed by atoms with Gasteiger partial charge >= 0.3 is 0 Å². The number of aromatic nitrogens is 4. The van der Waals surface area contributed by atoms with E-state index in [9.17, 15) is 0 Å². The van der Waals surface area contributed by atoms with E-state index < -0.39 is 0 Å². The predicted octanol–water partition coefficient (Wildman–Crippen LogP) is 5.14. The molecule has 0 saturated carbocycles. The Morgan fingerprint density at radius 2 is 1.48 bits per heavy atom. The minimum atomic E-state index is 0.548. The van der Waals surface area contributed by atoms with E-state index in [1.165, 1.54) is 0 Å². The molecule has 6 rings (SSSR count). The zero-order valence-electron chi connectivity index (χ0n) is 14.1. The third kappa shape index (κ3) is 2.12. The first kappa shape index (κ1) is 14.3. The monoisotopic (exact) mass is 348 g/mol. The fraction of sp³-hybridized carbons (Fsp3) is 0. The van der Waals surface area contributed by atoms with E-state index in [4.69, 9.17) is 9.40 Å². The van der Waals surface area contributed by atoms with Gasteiger partial charge in [-0.3, -0.25) is 4.98 Å². The molecule has 4 aromatic heterocycles. The largest absolute Gasteiger partial charge is 0.436 e. The number of nitrogens with zero attached hydrogens (tertiary/aromatic N) is 4. The summed E-state index contributed by atoms with van der Waals surface area (Å²) in [5.41, 5.74) is 5.80. The summed E-state index contributed by atoms with van der Waals surface area (Å²) < 4.78 is 5.77. The molecule has 0 radical (unpaired) electrons. The molecule has 4 heterocycles. The van der Waals surface area contributed by atoms with Gasteiger partial charge in [0.1, 0.15) is 11.1 Å². The molecule has 0 unspecified atom stereocenters. The van der Waals surface area contributed by atoms with Crippen LogP contribution in [0.25, 0.3) is 55.3 Å². The topological polar surface area (TPSA) is 64.7 Å². The van der Waals surface area contributed by atoms with Crippen LogP contribution >= 0.6 is 0 Å². The fourth-order valence-corrected chi connectivity index (χ4v) is 3.54. The second kappa shape index (κ2) is 5.32. The molecule has 0 saturated heterocycles. The van der Waals surface area contributed by atoms with Gasteiger partial charge in [-0.05, 0) is 30.3 Å². The second-order valence-corrected chi connectivity index (χ2v) is 6.43. The Morgan fingerprint density at radius 3 is 2.44 bits per heavy atom. The van der Waals surface area contributed by atoms with Gasteiger partial charge < -0.3 is 4.42 Å². The van der Waals surface area contributed by atoms with Crippen LogP contribution in [0.2, 0.25) is 0 Å². The lowest BCUT2D eigenvalue weighted by atomic mass is 10.1. The quantitative estimate of drug-likeness (QED) is 0.385. The zero-order valence-corrected chi connectivity index (χ0v) is 14.1. The number of benzene rings is 2. The third-order valence-corrected chi connectivity index (χ3v) is 4.83. The Kier molecular flexibility index (Phi) is 2.82. The van der Waals surface area contributed by atoms with Gasteiger partial charge in [0, 0.05) is 40.3 Å². The molecule has 0 spiro atoms. The average molecular weight is 348 g/mol. The Hall–Kier alpha value is -3.86. The number of hydrogen-bond donors (Lipinski definition) is 0. The van der Waals surface area contributed by atoms with Gasteiger partial charge in [-0.1, -0.05) is 24.3 Å². The van der Waals surface area contributed by atoms with Crippen molar-refractivity contribution in [2.24, 2.45) is 0 Å². The molecule has 0 aliphatic rings. The Labute approximate surface area is 153 Å². The van der Waals surface area contributed by atoms with E-state index in [0.29, 0.717) is 5.71 Å². The molecule has 2 aromatic carbocycles. The van der Waals surface area contributed by atoms with Crippen molar-refractivity contribution in [2.45, 2.75) is 0 Å². The van der Waals surface area contributed by atoms with Crippen LogP contribution in [0.5, 0.6) is 0 Å². The Bertz CT molecular complexity index is 1490. The second-order valence-electron chi connectivity index (χ2n) is 6.43. The maximum Gasteiger partial charge on any atom is 0.246 e. The average Bonchev–Trinajstić information content (AvgIpc) is 3.11. The van der Waals surface area contributed by atoms with Crippen LogP contribution in [0.4, 0.5) is 0 Å². The molecule has 27 heavy (non-hydrogen) atoms. The minimum absolute atomic E-state index is 0.548. The normalized spacial score (nSPS) is 11.7. The zero-order chi connectivity index (χ0) is 17.8. The van der Waals surface area contributed by atoms with Crippen molar-refractivity contribution in [1.82, 2.24) is 19.9 Å². The lowest BCUT2D eigenvalue weighted by Crippen LogP contribution is -1.88. The summed E-state index contributed by atoms with van der Waals surface area (Å²) >= 11 is 0. The predicted molar refractivity (Wildman–Crippen MR) is 105 cm³/mol. The molecule has 6 aromatic rings. The van der Waals surface area contributed by atoms with E-state index in [1.807, 2.05) is 24.3 Å². The minimum Gasteiger partial charge on any atom is -0.436 e. The first-order valence-electron chi connectivity index (χ1n) is 8.65. The summed E-state index contributed by atoms with van der Waals surface area (Å²) in [5.74, 6) is 0. The highest BCUT2D eigenvalue weighted by molar-refractivity contribution is 6.04. The molecule has 126 valence electrons. The van der Waals surface area contributed by atoms with Crippen molar-refractivity contribution in [3.8, 4) is 11.3 Å². The first-order valence-corrected chi connectivity index (χ1v) is 8.65. The van der Waals surface area contributed by atoms with E-state index in [0.717, 1.165) is 49.5 Å². The molecule has 0 atom stereocenters. The van der Waals surface area contributed by atoms with Gasteiger partial charge in [0.05, 0.1) is 16.7 Å². The fourth-order valence-electron chi connectivity index (χ4n) is 3.54. The first-order chi connectivity index (χ1) is 13.4. The van der Waals surface area contributed by atoms with Crippen LogP contribution in [0.1, 0.15) is 0 Å². The summed E-state index contributed by atoms with van der Waals surface area (Å²) in [4.78, 5) is 18.1. The van der Waals surface area contributed by atoms with Crippen LogP contribution in [0.15, 0.2) is 77.6 Å². The van der Waals surface area contributed by atoms with Crippen molar-refractivity contribution in [3.63, 3.8) is 0 Å². The number of hydrogen-bond acceptors (Lipinski definition) is 5. The van der Waals surface area contributed by atoms with Gasteiger partial charge in [-0.25, -0.2) is 15.0 Å². The number of furan rings is 1. The van der Waals surface area contributed by atoms with Crippen molar-refractivity contribution < 1.29 is 4.42 Å². The summed E-state index contributed by atoms with van der Waals surface area (Å²) in [6.07, 6.45) is 5.11. The number of fused-ring (bicyclic) bond motifs is 6. The van der Waals surface area contributed by atoms with Crippen LogP contribution in [-0.2, 0) is 0 Å². The highest BCUT2D eigenvalue weighted by atomic mass is 16.3. The lowest BCUT2D eigenvalue weighted by molar-refractivity contribution is 0.653. The third-order valence-electron chi connectivity index (χ3n) is 4.83. The Balaban J connectivity index is 1.62. The lowest BCUT2D eigenvalue weighted by Gasteiger charge is -2.06. The molecule has 0 aliphatic heterocycles. The van der Waals surface area contributed by atoms with Crippen LogP contribution in [0, 0.1) is 0 Å². The summed E-state index contributed by atoms with van der Waals surface area (Å²) in [6, 6.07) is 18.3. The highest BCUT2D eigenvalue weighted by Gasteiger charge is 2.11. The summed E-state index contributed by atoms with van der Waals surface area (Å²) in [7, 11) is 0. The van der Waals surface area contributed by atoms with Gasteiger partial charge in [0.15, 0.2) is 0 Å². The van der Waals surface area contributed by atoms with Crippen LogP contribution in [0.3, 0.4) is 0 Å². The molecule has 0 bridgehead atoms. The molecule has 5 heteroatoms. The molecule has 0 amide bonds. The molecule has 0 aliphatic carbocycles. The Morgan fingerprint density at radius 1 is 0.667 bits per heavy atom. The van der Waals surface area contributed by atoms with Gasteiger partial charge in [0.2, 0.25) is 5.71 Å². The van der Waals surface area contributed by atoms with Crippen molar-refractivity contribution >= 4 is 44.0 Å². The summed E-state index contributed by atoms with van der Waals surface area (Å²) in [6.45, 7) is 0. The van der Waals surface area contributed by atoms with E-state index in [1.54, 1.807) is 18.6 Å². The smallest absolute Gasteiger partial charge is 0.246 e.